The van der Waals surface area contributed by atoms with Gasteiger partial charge in [0.1, 0.15) is 0 Å². The Bertz CT molecular complexity index is 368. The molecular weight excluding hydrogens is 222 g/mol. The van der Waals surface area contributed by atoms with Crippen LogP contribution in [0.1, 0.15) is 38.2 Å². The third-order valence-electron chi connectivity index (χ3n) is 3.73. The molecule has 1 fully saturated rings. The molecule has 1 amide bonds. The smallest absolute Gasteiger partial charge is 0.226 e. The van der Waals surface area contributed by atoms with Gasteiger partial charge in [-0.2, -0.15) is 0 Å². The van der Waals surface area contributed by atoms with Crippen molar-refractivity contribution in [3.05, 3.63) is 35.9 Å². The van der Waals surface area contributed by atoms with Crippen LogP contribution >= 0.6 is 0 Å². The second-order valence-electron chi connectivity index (χ2n) is 5.21. The number of hydrogen-bond donors (Lipinski definition) is 0. The van der Waals surface area contributed by atoms with Crippen molar-refractivity contribution in [1.29, 1.82) is 0 Å². The number of carbonyl (C=O) groups excluding carboxylic acids is 1. The molecule has 0 aliphatic carbocycles. The zero-order valence-corrected chi connectivity index (χ0v) is 11.3. The predicted octanol–water partition coefficient (Wildman–Crippen LogP) is 3.27. The minimum atomic E-state index is 0.176. The van der Waals surface area contributed by atoms with Crippen LogP contribution in [0.25, 0.3) is 0 Å². The molecule has 1 unspecified atom stereocenters. The van der Waals surface area contributed by atoms with Gasteiger partial charge in [-0.3, -0.25) is 4.79 Å². The predicted molar refractivity (Wildman–Crippen MR) is 74.4 cm³/mol. The summed E-state index contributed by atoms with van der Waals surface area (Å²) in [6, 6.07) is 10.4. The highest BCUT2D eigenvalue weighted by Crippen LogP contribution is 2.20. The highest BCUT2D eigenvalue weighted by Gasteiger charge is 2.25. The van der Waals surface area contributed by atoms with Gasteiger partial charge in [0.25, 0.3) is 0 Å². The van der Waals surface area contributed by atoms with Crippen molar-refractivity contribution in [3.8, 4) is 0 Å². The largest absolute Gasteiger partial charge is 0.342 e. The molecule has 1 aromatic carbocycles. The molecule has 0 N–H and O–H groups in total. The van der Waals surface area contributed by atoms with E-state index in [0.717, 1.165) is 32.4 Å². The number of hydrogen-bond acceptors (Lipinski definition) is 1. The minimum absolute atomic E-state index is 0.176. The van der Waals surface area contributed by atoms with E-state index in [9.17, 15) is 4.79 Å². The number of amides is 1. The lowest BCUT2D eigenvalue weighted by Gasteiger charge is -2.23. The van der Waals surface area contributed by atoms with Crippen LogP contribution in [0.5, 0.6) is 0 Å². The molecule has 0 radical (unpaired) electrons. The molecule has 0 saturated carbocycles. The maximum atomic E-state index is 12.5. The third-order valence-corrected chi connectivity index (χ3v) is 3.73. The fourth-order valence-electron chi connectivity index (χ4n) is 2.76. The summed E-state index contributed by atoms with van der Waals surface area (Å²) in [5, 5.41) is 0. The molecule has 1 atom stereocenters. The van der Waals surface area contributed by atoms with Crippen molar-refractivity contribution >= 4 is 5.91 Å². The number of benzene rings is 1. The first kappa shape index (κ1) is 13.1. The van der Waals surface area contributed by atoms with E-state index in [2.05, 4.69) is 36.1 Å². The maximum Gasteiger partial charge on any atom is 0.226 e. The van der Waals surface area contributed by atoms with E-state index in [-0.39, 0.29) is 5.92 Å². The standard InChI is InChI=1S/C16H23NO/c1-2-8-15(13-14-9-4-3-5-10-14)16(18)17-11-6-7-12-17/h3-5,9-10,15H,2,6-8,11-13H2,1H3. The van der Waals surface area contributed by atoms with Crippen LogP contribution in [0.3, 0.4) is 0 Å². The molecule has 0 aromatic heterocycles. The van der Waals surface area contributed by atoms with Crippen LogP contribution in [0.2, 0.25) is 0 Å². The van der Waals surface area contributed by atoms with Crippen LogP contribution in [0.15, 0.2) is 30.3 Å². The van der Waals surface area contributed by atoms with E-state index in [1.165, 1.54) is 18.4 Å². The van der Waals surface area contributed by atoms with Gasteiger partial charge in [-0.1, -0.05) is 43.7 Å². The Morgan fingerprint density at radius 2 is 1.89 bits per heavy atom. The quantitative estimate of drug-likeness (QED) is 0.779. The Balaban J connectivity index is 2.00. The van der Waals surface area contributed by atoms with Crippen molar-refractivity contribution in [2.45, 2.75) is 39.0 Å². The molecule has 98 valence electrons. The molecule has 1 aliphatic rings. The molecule has 2 rings (SSSR count). The van der Waals surface area contributed by atoms with E-state index in [1.807, 2.05) is 6.07 Å². The van der Waals surface area contributed by atoms with Gasteiger partial charge in [0.15, 0.2) is 0 Å². The van der Waals surface area contributed by atoms with Crippen LogP contribution in [0.4, 0.5) is 0 Å². The summed E-state index contributed by atoms with van der Waals surface area (Å²) in [7, 11) is 0. The van der Waals surface area contributed by atoms with Crippen LogP contribution in [0, 0.1) is 5.92 Å². The van der Waals surface area contributed by atoms with E-state index < -0.39 is 0 Å². The number of rotatable bonds is 5. The fraction of sp³-hybridized carbons (Fsp3) is 0.562. The van der Waals surface area contributed by atoms with E-state index in [0.29, 0.717) is 5.91 Å². The SMILES string of the molecule is CCCC(Cc1ccccc1)C(=O)N1CCCC1. The molecule has 2 nitrogen and oxygen atoms in total. The van der Waals surface area contributed by atoms with Gasteiger partial charge in [-0.15, -0.1) is 0 Å². The highest BCUT2D eigenvalue weighted by atomic mass is 16.2. The Kier molecular flexibility index (Phi) is 4.80. The summed E-state index contributed by atoms with van der Waals surface area (Å²) < 4.78 is 0. The fourth-order valence-corrected chi connectivity index (χ4v) is 2.76. The Hall–Kier alpha value is -1.31. The molecule has 18 heavy (non-hydrogen) atoms. The van der Waals surface area contributed by atoms with Crippen LogP contribution in [-0.4, -0.2) is 23.9 Å². The summed E-state index contributed by atoms with van der Waals surface area (Å²) in [5.74, 6) is 0.550. The van der Waals surface area contributed by atoms with Crippen molar-refractivity contribution < 1.29 is 4.79 Å². The van der Waals surface area contributed by atoms with Gasteiger partial charge >= 0.3 is 0 Å². The minimum Gasteiger partial charge on any atom is -0.342 e. The Morgan fingerprint density at radius 3 is 2.50 bits per heavy atom. The lowest BCUT2D eigenvalue weighted by atomic mass is 9.94. The molecule has 0 bridgehead atoms. The molecule has 1 heterocycles. The molecule has 1 saturated heterocycles. The zero-order chi connectivity index (χ0) is 12.8. The molecule has 0 spiro atoms. The molecule has 1 aromatic rings. The third kappa shape index (κ3) is 3.34. The number of likely N-dealkylation sites (tertiary alicyclic amines) is 1. The van der Waals surface area contributed by atoms with Crippen molar-refractivity contribution in [1.82, 2.24) is 4.90 Å². The summed E-state index contributed by atoms with van der Waals surface area (Å²) in [4.78, 5) is 14.5. The second kappa shape index (κ2) is 6.58. The summed E-state index contributed by atoms with van der Waals surface area (Å²) in [5.41, 5.74) is 1.28. The Labute approximate surface area is 110 Å². The average Bonchev–Trinajstić information content (AvgIpc) is 2.92. The van der Waals surface area contributed by atoms with Gasteiger partial charge in [0.05, 0.1) is 0 Å². The van der Waals surface area contributed by atoms with Gasteiger partial charge in [-0.05, 0) is 31.2 Å². The topological polar surface area (TPSA) is 20.3 Å². The first-order chi connectivity index (χ1) is 8.81. The lowest BCUT2D eigenvalue weighted by Crippen LogP contribution is -2.34. The summed E-state index contributed by atoms with van der Waals surface area (Å²) in [6.45, 7) is 4.09. The Morgan fingerprint density at radius 1 is 1.22 bits per heavy atom. The maximum absolute atomic E-state index is 12.5. The first-order valence-corrected chi connectivity index (χ1v) is 7.14. The lowest BCUT2D eigenvalue weighted by molar-refractivity contribution is -0.134. The molecule has 1 aliphatic heterocycles. The van der Waals surface area contributed by atoms with Crippen LogP contribution < -0.4 is 0 Å². The van der Waals surface area contributed by atoms with Crippen LogP contribution in [-0.2, 0) is 11.2 Å². The zero-order valence-electron chi connectivity index (χ0n) is 11.3. The second-order valence-corrected chi connectivity index (χ2v) is 5.21. The summed E-state index contributed by atoms with van der Waals surface area (Å²) in [6.07, 6.45) is 5.33. The van der Waals surface area contributed by atoms with E-state index >= 15 is 0 Å². The van der Waals surface area contributed by atoms with Crippen molar-refractivity contribution in [3.63, 3.8) is 0 Å². The molecule has 2 heteroatoms. The van der Waals surface area contributed by atoms with Crippen molar-refractivity contribution in [2.75, 3.05) is 13.1 Å². The van der Waals surface area contributed by atoms with E-state index in [1.54, 1.807) is 0 Å². The van der Waals surface area contributed by atoms with E-state index in [4.69, 9.17) is 0 Å². The van der Waals surface area contributed by atoms with Crippen molar-refractivity contribution in [2.24, 2.45) is 5.92 Å². The first-order valence-electron chi connectivity index (χ1n) is 7.14. The van der Waals surface area contributed by atoms with Gasteiger partial charge < -0.3 is 4.90 Å². The van der Waals surface area contributed by atoms with Gasteiger partial charge in [-0.25, -0.2) is 0 Å². The number of carbonyl (C=O) groups is 1. The monoisotopic (exact) mass is 245 g/mol. The summed E-state index contributed by atoms with van der Waals surface area (Å²) >= 11 is 0. The van der Waals surface area contributed by atoms with Gasteiger partial charge in [0, 0.05) is 19.0 Å². The highest BCUT2D eigenvalue weighted by molar-refractivity contribution is 5.79. The van der Waals surface area contributed by atoms with Gasteiger partial charge in [0.2, 0.25) is 5.91 Å². The normalized spacial score (nSPS) is 16.8. The average molecular weight is 245 g/mol. The number of nitrogens with zero attached hydrogens (tertiary/aromatic N) is 1. The molecular formula is C16H23NO.